The number of aryl methyl sites for hydroxylation is 1. The smallest absolute Gasteiger partial charge is 0.146 e. The van der Waals surface area contributed by atoms with Crippen LogP contribution in [0.15, 0.2) is 18.2 Å². The Morgan fingerprint density at radius 3 is 2.50 bits per heavy atom. The summed E-state index contributed by atoms with van der Waals surface area (Å²) in [5.74, 6) is 0.0278. The molecular weight excluding hydrogens is 231 g/mol. The Hall–Kier alpha value is -1.42. The van der Waals surface area contributed by atoms with Gasteiger partial charge in [0.05, 0.1) is 12.2 Å². The molecule has 0 aromatic heterocycles. The highest BCUT2D eigenvalue weighted by Gasteiger charge is 2.19. The summed E-state index contributed by atoms with van der Waals surface area (Å²) in [6, 6.07) is 5.34. The van der Waals surface area contributed by atoms with Crippen molar-refractivity contribution in [2.75, 3.05) is 37.6 Å². The van der Waals surface area contributed by atoms with Crippen molar-refractivity contribution >= 4 is 11.5 Å². The average molecular weight is 250 g/mol. The Kier molecular flexibility index (Phi) is 3.97. The lowest BCUT2D eigenvalue weighted by molar-refractivity contribution is -0.118. The lowest BCUT2D eigenvalue weighted by Crippen LogP contribution is -2.48. The Labute approximate surface area is 107 Å². The van der Waals surface area contributed by atoms with E-state index in [2.05, 4.69) is 4.90 Å². The van der Waals surface area contributed by atoms with Gasteiger partial charge in [0.2, 0.25) is 0 Å². The molecular formula is C14H19FN2O. The number of rotatable bonds is 3. The largest absolute Gasteiger partial charge is 0.367 e. The van der Waals surface area contributed by atoms with Gasteiger partial charge in [-0.05, 0) is 31.5 Å². The van der Waals surface area contributed by atoms with E-state index in [9.17, 15) is 9.18 Å². The summed E-state index contributed by atoms with van der Waals surface area (Å²) >= 11 is 0. The summed E-state index contributed by atoms with van der Waals surface area (Å²) < 4.78 is 13.8. The van der Waals surface area contributed by atoms with Crippen molar-refractivity contribution in [3.8, 4) is 0 Å². The van der Waals surface area contributed by atoms with Gasteiger partial charge < -0.3 is 4.90 Å². The van der Waals surface area contributed by atoms with E-state index in [4.69, 9.17) is 0 Å². The molecule has 18 heavy (non-hydrogen) atoms. The summed E-state index contributed by atoms with van der Waals surface area (Å²) in [5, 5.41) is 0. The molecule has 0 saturated carbocycles. The monoisotopic (exact) mass is 250 g/mol. The molecule has 0 radical (unpaired) electrons. The van der Waals surface area contributed by atoms with Crippen LogP contribution in [0.2, 0.25) is 0 Å². The van der Waals surface area contributed by atoms with Gasteiger partial charge in [-0.15, -0.1) is 0 Å². The topological polar surface area (TPSA) is 23.6 Å². The summed E-state index contributed by atoms with van der Waals surface area (Å²) in [6.45, 7) is 7.16. The summed E-state index contributed by atoms with van der Waals surface area (Å²) in [5.41, 5.74) is 1.61. The minimum atomic E-state index is -0.157. The summed E-state index contributed by atoms with van der Waals surface area (Å²) in [7, 11) is 0. The van der Waals surface area contributed by atoms with Gasteiger partial charge >= 0.3 is 0 Å². The van der Waals surface area contributed by atoms with Gasteiger partial charge in [0.1, 0.15) is 11.6 Å². The zero-order valence-electron chi connectivity index (χ0n) is 10.9. The van der Waals surface area contributed by atoms with Crippen molar-refractivity contribution in [1.82, 2.24) is 4.90 Å². The Bertz CT molecular complexity index is 439. The normalized spacial score (nSPS) is 16.9. The molecule has 3 nitrogen and oxygen atoms in total. The fraction of sp³-hybridized carbons (Fsp3) is 0.500. The van der Waals surface area contributed by atoms with Gasteiger partial charge in [-0.25, -0.2) is 4.39 Å². The molecule has 1 aliphatic heterocycles. The Morgan fingerprint density at radius 2 is 1.94 bits per heavy atom. The maximum Gasteiger partial charge on any atom is 0.146 e. The van der Waals surface area contributed by atoms with Crippen LogP contribution < -0.4 is 4.90 Å². The number of benzene rings is 1. The van der Waals surface area contributed by atoms with Crippen LogP contribution in [0.25, 0.3) is 0 Å². The van der Waals surface area contributed by atoms with Crippen molar-refractivity contribution in [2.24, 2.45) is 0 Å². The lowest BCUT2D eigenvalue weighted by atomic mass is 10.2. The molecule has 0 atom stereocenters. The lowest BCUT2D eigenvalue weighted by Gasteiger charge is -2.35. The van der Waals surface area contributed by atoms with E-state index in [1.807, 2.05) is 24.0 Å². The fourth-order valence-electron chi connectivity index (χ4n) is 2.33. The second kappa shape index (κ2) is 5.48. The molecule has 0 unspecified atom stereocenters. The van der Waals surface area contributed by atoms with E-state index < -0.39 is 0 Å². The standard InChI is InChI=1S/C14H19FN2O/c1-11-3-4-14(13(15)9-11)17-7-5-16(6-8-17)10-12(2)18/h3-4,9H,5-8,10H2,1-2H3. The van der Waals surface area contributed by atoms with E-state index in [0.717, 1.165) is 31.7 Å². The number of piperazine rings is 1. The van der Waals surface area contributed by atoms with Crippen LogP contribution in [-0.4, -0.2) is 43.4 Å². The predicted octanol–water partition coefficient (Wildman–Crippen LogP) is 1.85. The predicted molar refractivity (Wildman–Crippen MR) is 70.5 cm³/mol. The minimum Gasteiger partial charge on any atom is -0.367 e. The first-order valence-corrected chi connectivity index (χ1v) is 6.29. The second-order valence-electron chi connectivity index (χ2n) is 4.92. The minimum absolute atomic E-state index is 0.157. The molecule has 0 N–H and O–H groups in total. The highest BCUT2D eigenvalue weighted by Crippen LogP contribution is 2.21. The molecule has 1 saturated heterocycles. The molecule has 1 aliphatic rings. The van der Waals surface area contributed by atoms with Crippen LogP contribution in [0.1, 0.15) is 12.5 Å². The molecule has 0 aliphatic carbocycles. The van der Waals surface area contributed by atoms with Crippen molar-refractivity contribution in [3.05, 3.63) is 29.6 Å². The number of Topliss-reactive ketones (excluding diaryl/α,β-unsaturated/α-hetero) is 1. The highest BCUT2D eigenvalue weighted by atomic mass is 19.1. The van der Waals surface area contributed by atoms with E-state index in [-0.39, 0.29) is 11.6 Å². The van der Waals surface area contributed by atoms with Gasteiger partial charge in [0, 0.05) is 26.2 Å². The summed E-state index contributed by atoms with van der Waals surface area (Å²) in [4.78, 5) is 15.2. The Morgan fingerprint density at radius 1 is 1.28 bits per heavy atom. The highest BCUT2D eigenvalue weighted by molar-refractivity contribution is 5.77. The number of carbonyl (C=O) groups is 1. The maximum atomic E-state index is 13.8. The Balaban J connectivity index is 1.99. The zero-order valence-corrected chi connectivity index (χ0v) is 10.9. The van der Waals surface area contributed by atoms with Crippen molar-refractivity contribution in [2.45, 2.75) is 13.8 Å². The number of halogens is 1. The SMILES string of the molecule is CC(=O)CN1CCN(c2ccc(C)cc2F)CC1. The van der Waals surface area contributed by atoms with Gasteiger partial charge in [-0.1, -0.05) is 6.07 Å². The van der Waals surface area contributed by atoms with Crippen molar-refractivity contribution in [3.63, 3.8) is 0 Å². The number of hydrogen-bond donors (Lipinski definition) is 0. The second-order valence-corrected chi connectivity index (χ2v) is 4.92. The first-order valence-electron chi connectivity index (χ1n) is 6.29. The van der Waals surface area contributed by atoms with Gasteiger partial charge in [0.15, 0.2) is 0 Å². The molecule has 2 rings (SSSR count). The van der Waals surface area contributed by atoms with E-state index in [1.54, 1.807) is 13.0 Å². The zero-order chi connectivity index (χ0) is 13.1. The number of ketones is 1. The molecule has 0 spiro atoms. The molecule has 1 aromatic rings. The molecule has 1 fully saturated rings. The van der Waals surface area contributed by atoms with Crippen LogP contribution in [0, 0.1) is 12.7 Å². The number of hydrogen-bond acceptors (Lipinski definition) is 3. The van der Waals surface area contributed by atoms with Gasteiger partial charge in [-0.2, -0.15) is 0 Å². The van der Waals surface area contributed by atoms with E-state index in [0.29, 0.717) is 12.2 Å². The third-order valence-corrected chi connectivity index (χ3v) is 3.26. The van der Waals surface area contributed by atoms with E-state index >= 15 is 0 Å². The van der Waals surface area contributed by atoms with Crippen LogP contribution >= 0.6 is 0 Å². The van der Waals surface area contributed by atoms with Crippen LogP contribution in [-0.2, 0) is 4.79 Å². The van der Waals surface area contributed by atoms with Gasteiger partial charge in [-0.3, -0.25) is 9.69 Å². The van der Waals surface area contributed by atoms with Crippen LogP contribution in [0.4, 0.5) is 10.1 Å². The molecule has 0 bridgehead atoms. The molecule has 1 heterocycles. The van der Waals surface area contributed by atoms with Crippen LogP contribution in [0.3, 0.4) is 0 Å². The molecule has 0 amide bonds. The number of anilines is 1. The number of carbonyl (C=O) groups excluding carboxylic acids is 1. The van der Waals surface area contributed by atoms with Crippen LogP contribution in [0.5, 0.6) is 0 Å². The van der Waals surface area contributed by atoms with E-state index in [1.165, 1.54) is 0 Å². The first-order chi connectivity index (χ1) is 8.56. The third-order valence-electron chi connectivity index (χ3n) is 3.26. The van der Waals surface area contributed by atoms with Gasteiger partial charge in [0.25, 0.3) is 0 Å². The average Bonchev–Trinajstić information content (AvgIpc) is 2.30. The third kappa shape index (κ3) is 3.07. The number of nitrogens with zero attached hydrogens (tertiary/aromatic N) is 2. The van der Waals surface area contributed by atoms with Crippen molar-refractivity contribution in [1.29, 1.82) is 0 Å². The van der Waals surface area contributed by atoms with Crippen molar-refractivity contribution < 1.29 is 9.18 Å². The molecule has 1 aromatic carbocycles. The summed E-state index contributed by atoms with van der Waals surface area (Å²) in [6.07, 6.45) is 0. The first kappa shape index (κ1) is 13.0. The fourth-order valence-corrected chi connectivity index (χ4v) is 2.33. The quantitative estimate of drug-likeness (QED) is 0.818. The maximum absolute atomic E-state index is 13.8. The molecule has 4 heteroatoms. The molecule has 98 valence electrons.